The molecule has 0 saturated heterocycles. The van der Waals surface area contributed by atoms with Crippen LogP contribution in [-0.4, -0.2) is 36.0 Å². The van der Waals surface area contributed by atoms with E-state index in [0.29, 0.717) is 49.6 Å². The quantitative estimate of drug-likeness (QED) is 0.755. The van der Waals surface area contributed by atoms with E-state index in [9.17, 15) is 14.7 Å². The zero-order valence-electron chi connectivity index (χ0n) is 17.0. The number of carbonyl (C=O) groups excluding carboxylic acids is 2. The average molecular weight is 377 g/mol. The van der Waals surface area contributed by atoms with E-state index in [0.717, 1.165) is 51.4 Å². The predicted molar refractivity (Wildman–Crippen MR) is 103 cm³/mol. The van der Waals surface area contributed by atoms with Crippen molar-refractivity contribution >= 4 is 12.1 Å². The Morgan fingerprint density at radius 1 is 1.15 bits per heavy atom. The van der Waals surface area contributed by atoms with E-state index in [4.69, 9.17) is 4.74 Å². The highest BCUT2D eigenvalue weighted by atomic mass is 16.5. The summed E-state index contributed by atoms with van der Waals surface area (Å²) in [6.45, 7) is 5.16. The lowest BCUT2D eigenvalue weighted by atomic mass is 9.42. The van der Waals surface area contributed by atoms with Crippen LogP contribution in [0.5, 0.6) is 0 Å². The van der Waals surface area contributed by atoms with Gasteiger partial charge in [-0.2, -0.15) is 0 Å². The minimum absolute atomic E-state index is 0.152. The van der Waals surface area contributed by atoms with Gasteiger partial charge in [0.05, 0.1) is 12.2 Å². The average Bonchev–Trinajstić information content (AvgIpc) is 2.67. The molecule has 0 unspecified atom stereocenters. The molecule has 1 N–H and O–H groups in total. The second-order valence-electron chi connectivity index (χ2n) is 10.2. The summed E-state index contributed by atoms with van der Waals surface area (Å²) >= 11 is 0. The van der Waals surface area contributed by atoms with E-state index >= 15 is 0 Å². The number of ketones is 1. The lowest BCUT2D eigenvalue weighted by Gasteiger charge is -2.62. The van der Waals surface area contributed by atoms with Crippen LogP contribution in [0.1, 0.15) is 78.1 Å². The second-order valence-corrected chi connectivity index (χ2v) is 10.2. The maximum absolute atomic E-state index is 12.7. The topological polar surface area (TPSA) is 63.6 Å². The summed E-state index contributed by atoms with van der Waals surface area (Å²) in [5, 5.41) is 11.0. The molecule has 0 aliphatic heterocycles. The number of hydrogen-bond donors (Lipinski definition) is 1. The Labute approximate surface area is 163 Å². The third-order valence-electron chi connectivity index (χ3n) is 9.13. The molecular weight excluding hydrogens is 340 g/mol. The highest BCUT2D eigenvalue weighted by Gasteiger charge is 2.62. The van der Waals surface area contributed by atoms with Crippen LogP contribution in [0.2, 0.25) is 0 Å². The minimum Gasteiger partial charge on any atom is -0.387 e. The molecule has 0 heterocycles. The van der Waals surface area contributed by atoms with Crippen LogP contribution >= 0.6 is 0 Å². The van der Waals surface area contributed by atoms with Crippen LogP contribution in [0.4, 0.5) is 0 Å². The van der Waals surface area contributed by atoms with Crippen molar-refractivity contribution in [1.29, 1.82) is 0 Å². The smallest absolute Gasteiger partial charge is 0.139 e. The Morgan fingerprint density at radius 2 is 1.96 bits per heavy atom. The van der Waals surface area contributed by atoms with Crippen molar-refractivity contribution < 1.29 is 19.4 Å². The van der Waals surface area contributed by atoms with Crippen molar-refractivity contribution in [2.75, 3.05) is 13.2 Å². The summed E-state index contributed by atoms with van der Waals surface area (Å²) in [7, 11) is 0. The van der Waals surface area contributed by atoms with Gasteiger partial charge in [-0.15, -0.1) is 0 Å². The third kappa shape index (κ3) is 2.93. The van der Waals surface area contributed by atoms with Gasteiger partial charge in [0.25, 0.3) is 0 Å². The first-order valence-electron chi connectivity index (χ1n) is 11.2. The molecule has 4 fully saturated rings. The van der Waals surface area contributed by atoms with Crippen molar-refractivity contribution in [3.63, 3.8) is 0 Å². The van der Waals surface area contributed by atoms with E-state index in [-0.39, 0.29) is 16.7 Å². The van der Waals surface area contributed by atoms with Crippen molar-refractivity contribution in [3.05, 3.63) is 0 Å². The van der Waals surface area contributed by atoms with E-state index in [1.54, 1.807) is 0 Å². The van der Waals surface area contributed by atoms with Gasteiger partial charge in [-0.1, -0.05) is 6.92 Å². The van der Waals surface area contributed by atoms with Gasteiger partial charge in [0.2, 0.25) is 0 Å². The Morgan fingerprint density at radius 3 is 2.70 bits per heavy atom. The zero-order chi connectivity index (χ0) is 19.3. The van der Waals surface area contributed by atoms with Crippen LogP contribution in [0.3, 0.4) is 0 Å². The molecule has 4 nitrogen and oxygen atoms in total. The maximum Gasteiger partial charge on any atom is 0.139 e. The molecule has 7 atom stereocenters. The fourth-order valence-electron chi connectivity index (χ4n) is 7.65. The van der Waals surface area contributed by atoms with Crippen LogP contribution in [0.25, 0.3) is 0 Å². The first-order valence-corrected chi connectivity index (χ1v) is 11.2. The Hall–Kier alpha value is -0.740. The molecule has 152 valence electrons. The molecule has 0 radical (unpaired) electrons. The summed E-state index contributed by atoms with van der Waals surface area (Å²) in [4.78, 5) is 25.2. The monoisotopic (exact) mass is 376 g/mol. The van der Waals surface area contributed by atoms with Gasteiger partial charge in [-0.3, -0.25) is 4.79 Å². The molecule has 27 heavy (non-hydrogen) atoms. The number of Topliss-reactive ketones (excluding diaryl/α,β-unsaturated/α-hetero) is 1. The molecule has 4 aliphatic rings. The standard InChI is InChI=1S/C23H36O4/c1-3-27-15-22(26)11-12-23(14-24)16(13-22)7-8-17-18-5-4-6-20(25)21(18,2)10-9-19(17)23/h14,16-19,26H,3-13,15H2,1-2H3/t16-,17+,18+,19+,21+,22-,23-/m1/s1. The summed E-state index contributed by atoms with van der Waals surface area (Å²) in [6, 6.07) is 0. The van der Waals surface area contributed by atoms with Crippen LogP contribution in [-0.2, 0) is 14.3 Å². The molecule has 0 aromatic carbocycles. The van der Waals surface area contributed by atoms with Crippen LogP contribution in [0.15, 0.2) is 0 Å². The van der Waals surface area contributed by atoms with Gasteiger partial charge < -0.3 is 14.6 Å². The highest BCUT2D eigenvalue weighted by molar-refractivity contribution is 5.85. The maximum atomic E-state index is 12.7. The molecule has 4 aliphatic carbocycles. The van der Waals surface area contributed by atoms with Crippen molar-refractivity contribution in [1.82, 2.24) is 0 Å². The Balaban J connectivity index is 1.59. The number of rotatable bonds is 4. The second kappa shape index (κ2) is 6.95. The zero-order valence-corrected chi connectivity index (χ0v) is 17.0. The molecule has 0 aromatic heterocycles. The van der Waals surface area contributed by atoms with Crippen molar-refractivity contribution in [3.8, 4) is 0 Å². The fourth-order valence-corrected chi connectivity index (χ4v) is 7.65. The summed E-state index contributed by atoms with van der Waals surface area (Å²) < 4.78 is 5.55. The number of fused-ring (bicyclic) bond motifs is 5. The SMILES string of the molecule is CCOC[C@@]1(O)CC[C@@]2(C=O)[C@H](CC[C@@H]3[C@@H]2CC[C@]2(C)C(=O)CCC[C@@H]32)C1. The molecule has 0 amide bonds. The molecule has 4 heteroatoms. The first-order chi connectivity index (χ1) is 12.9. The van der Waals surface area contributed by atoms with Gasteiger partial charge in [-0.05, 0) is 88.4 Å². The molecular formula is C23H36O4. The third-order valence-corrected chi connectivity index (χ3v) is 9.13. The molecule has 4 rings (SSSR count). The Kier molecular flexibility index (Phi) is 5.04. The van der Waals surface area contributed by atoms with E-state index in [1.165, 1.54) is 6.29 Å². The summed E-state index contributed by atoms with van der Waals surface area (Å²) in [5.74, 6) is 2.09. The first kappa shape index (κ1) is 19.6. The summed E-state index contributed by atoms with van der Waals surface area (Å²) in [6.07, 6.45) is 10.4. The Bertz CT molecular complexity index is 603. The molecule has 4 saturated carbocycles. The molecule has 0 bridgehead atoms. The van der Waals surface area contributed by atoms with Gasteiger partial charge in [0.15, 0.2) is 0 Å². The number of hydrogen-bond acceptors (Lipinski definition) is 4. The molecule has 0 aromatic rings. The lowest BCUT2D eigenvalue weighted by molar-refractivity contribution is -0.178. The minimum atomic E-state index is -0.774. The largest absolute Gasteiger partial charge is 0.387 e. The fraction of sp³-hybridized carbons (Fsp3) is 0.913. The van der Waals surface area contributed by atoms with E-state index < -0.39 is 5.60 Å². The van der Waals surface area contributed by atoms with Gasteiger partial charge in [0, 0.05) is 23.9 Å². The normalized spacial score (nSPS) is 49.7. The summed E-state index contributed by atoms with van der Waals surface area (Å²) in [5.41, 5.74) is -1.21. The van der Waals surface area contributed by atoms with Crippen molar-refractivity contribution in [2.24, 2.45) is 34.5 Å². The van der Waals surface area contributed by atoms with Crippen LogP contribution < -0.4 is 0 Å². The predicted octanol–water partition coefficient (Wildman–Crippen LogP) is 3.93. The number of carbonyl (C=O) groups is 2. The lowest BCUT2D eigenvalue weighted by Crippen LogP contribution is -2.60. The number of ether oxygens (including phenoxy) is 1. The molecule has 0 spiro atoms. The van der Waals surface area contributed by atoms with E-state index in [1.807, 2.05) is 6.92 Å². The van der Waals surface area contributed by atoms with Crippen molar-refractivity contribution in [2.45, 2.75) is 83.7 Å². The van der Waals surface area contributed by atoms with Gasteiger partial charge in [-0.25, -0.2) is 0 Å². The van der Waals surface area contributed by atoms with Gasteiger partial charge >= 0.3 is 0 Å². The van der Waals surface area contributed by atoms with Gasteiger partial charge in [0.1, 0.15) is 12.1 Å². The van der Waals surface area contributed by atoms with E-state index in [2.05, 4.69) is 6.92 Å². The number of aliphatic hydroxyl groups is 1. The number of aldehydes is 1. The highest BCUT2D eigenvalue weighted by Crippen LogP contribution is 2.65. The van der Waals surface area contributed by atoms with Crippen LogP contribution in [0, 0.1) is 34.5 Å².